The van der Waals surface area contributed by atoms with E-state index in [0.717, 1.165) is 16.3 Å². The van der Waals surface area contributed by atoms with Gasteiger partial charge in [-0.05, 0) is 23.8 Å². The molecule has 0 spiro atoms. The van der Waals surface area contributed by atoms with Gasteiger partial charge in [-0.3, -0.25) is 4.79 Å². The molecule has 5 nitrogen and oxygen atoms in total. The van der Waals surface area contributed by atoms with Gasteiger partial charge in [-0.25, -0.2) is 0 Å². The number of methoxy groups -OCH3 is 1. The van der Waals surface area contributed by atoms with Crippen LogP contribution in [-0.2, 0) is 4.79 Å². The first kappa shape index (κ1) is 14.2. The van der Waals surface area contributed by atoms with E-state index in [1.807, 2.05) is 36.4 Å². The van der Waals surface area contributed by atoms with Gasteiger partial charge in [0, 0.05) is 6.42 Å². The van der Waals surface area contributed by atoms with Crippen molar-refractivity contribution in [3.63, 3.8) is 0 Å². The predicted octanol–water partition coefficient (Wildman–Crippen LogP) is 3.07. The third kappa shape index (κ3) is 3.89. The maximum Gasteiger partial charge on any atom is 0.225 e. The van der Waals surface area contributed by atoms with Crippen molar-refractivity contribution in [1.82, 2.24) is 10.2 Å². The molecule has 0 aliphatic carbocycles. The van der Waals surface area contributed by atoms with E-state index in [2.05, 4.69) is 15.5 Å². The van der Waals surface area contributed by atoms with Crippen LogP contribution < -0.4 is 10.1 Å². The van der Waals surface area contributed by atoms with E-state index >= 15 is 0 Å². The summed E-state index contributed by atoms with van der Waals surface area (Å²) >= 11 is 1.34. The van der Waals surface area contributed by atoms with Crippen molar-refractivity contribution in [2.24, 2.45) is 0 Å². The van der Waals surface area contributed by atoms with Gasteiger partial charge in [-0.15, -0.1) is 10.2 Å². The molecule has 0 bridgehead atoms. The smallest absolute Gasteiger partial charge is 0.225 e. The molecule has 1 heterocycles. The first-order valence-electron chi connectivity index (χ1n) is 6.16. The van der Waals surface area contributed by atoms with Gasteiger partial charge >= 0.3 is 0 Å². The zero-order valence-corrected chi connectivity index (χ0v) is 12.1. The summed E-state index contributed by atoms with van der Waals surface area (Å²) in [6, 6.07) is 7.70. The standard InChI is InChI=1S/C14H15N3O2S/c1-3-12(18)15-14-17-16-13(20-14)9-6-10-4-7-11(19-2)8-5-10/h4-9H,3H2,1-2H3,(H,15,17,18). The monoisotopic (exact) mass is 289 g/mol. The third-order valence-corrected chi connectivity index (χ3v) is 3.35. The highest BCUT2D eigenvalue weighted by atomic mass is 32.1. The Balaban J connectivity index is 2.01. The zero-order valence-electron chi connectivity index (χ0n) is 11.3. The van der Waals surface area contributed by atoms with E-state index in [1.165, 1.54) is 11.3 Å². The number of carbonyl (C=O) groups is 1. The lowest BCUT2D eigenvalue weighted by atomic mass is 10.2. The largest absolute Gasteiger partial charge is 0.497 e. The van der Waals surface area contributed by atoms with Crippen molar-refractivity contribution in [2.45, 2.75) is 13.3 Å². The van der Waals surface area contributed by atoms with Crippen molar-refractivity contribution in [1.29, 1.82) is 0 Å². The van der Waals surface area contributed by atoms with Crippen LogP contribution in [0, 0.1) is 0 Å². The molecule has 104 valence electrons. The first-order valence-corrected chi connectivity index (χ1v) is 6.98. The quantitative estimate of drug-likeness (QED) is 0.918. The Labute approximate surface area is 121 Å². The van der Waals surface area contributed by atoms with Crippen LogP contribution in [0.1, 0.15) is 23.9 Å². The van der Waals surface area contributed by atoms with Gasteiger partial charge < -0.3 is 10.1 Å². The Kier molecular flexibility index (Phi) is 4.84. The lowest BCUT2D eigenvalue weighted by molar-refractivity contribution is -0.115. The summed E-state index contributed by atoms with van der Waals surface area (Å²) in [5.74, 6) is 0.759. The molecule has 0 aliphatic heterocycles. The number of rotatable bonds is 5. The second-order valence-corrected chi connectivity index (χ2v) is 4.96. The van der Waals surface area contributed by atoms with E-state index in [0.29, 0.717) is 11.6 Å². The fraction of sp³-hybridized carbons (Fsp3) is 0.214. The van der Waals surface area contributed by atoms with Gasteiger partial charge in [0.2, 0.25) is 11.0 Å². The Morgan fingerprint density at radius 2 is 2.05 bits per heavy atom. The number of nitrogens with zero attached hydrogens (tertiary/aromatic N) is 2. The van der Waals surface area contributed by atoms with Gasteiger partial charge in [0.15, 0.2) is 0 Å². The molecule has 0 atom stereocenters. The van der Waals surface area contributed by atoms with Crippen molar-refractivity contribution in [3.05, 3.63) is 34.8 Å². The highest BCUT2D eigenvalue weighted by Gasteiger charge is 2.04. The van der Waals surface area contributed by atoms with Crippen LogP contribution in [0.5, 0.6) is 5.75 Å². The molecule has 1 amide bonds. The van der Waals surface area contributed by atoms with E-state index in [1.54, 1.807) is 14.0 Å². The molecule has 0 saturated heterocycles. The number of nitrogens with one attached hydrogen (secondary N) is 1. The van der Waals surface area contributed by atoms with Crippen LogP contribution in [0.15, 0.2) is 24.3 Å². The SMILES string of the molecule is CCC(=O)Nc1nnc(C=Cc2ccc(OC)cc2)s1. The third-order valence-electron chi connectivity index (χ3n) is 2.54. The molecule has 6 heteroatoms. The first-order chi connectivity index (χ1) is 9.71. The van der Waals surface area contributed by atoms with Crippen LogP contribution >= 0.6 is 11.3 Å². The van der Waals surface area contributed by atoms with E-state index in [9.17, 15) is 4.79 Å². The Morgan fingerprint density at radius 1 is 1.30 bits per heavy atom. The average molecular weight is 289 g/mol. The van der Waals surface area contributed by atoms with Crippen molar-refractivity contribution in [3.8, 4) is 5.75 Å². The molecule has 0 saturated carbocycles. The number of ether oxygens (including phenoxy) is 1. The average Bonchev–Trinajstić information content (AvgIpc) is 2.93. The lowest BCUT2D eigenvalue weighted by Crippen LogP contribution is -2.08. The zero-order chi connectivity index (χ0) is 14.4. The summed E-state index contributed by atoms with van der Waals surface area (Å²) in [4.78, 5) is 11.2. The second kappa shape index (κ2) is 6.81. The summed E-state index contributed by atoms with van der Waals surface area (Å²) in [6.45, 7) is 1.79. The van der Waals surface area contributed by atoms with Crippen LogP contribution in [0.3, 0.4) is 0 Å². The summed E-state index contributed by atoms with van der Waals surface area (Å²) in [5.41, 5.74) is 1.04. The molecule has 2 aromatic rings. The number of aromatic nitrogens is 2. The van der Waals surface area contributed by atoms with Gasteiger partial charge in [0.25, 0.3) is 0 Å². The van der Waals surface area contributed by atoms with E-state index in [4.69, 9.17) is 4.74 Å². The van der Waals surface area contributed by atoms with Crippen LogP contribution in [0.4, 0.5) is 5.13 Å². The van der Waals surface area contributed by atoms with E-state index in [-0.39, 0.29) is 5.91 Å². The molecule has 0 aliphatic rings. The minimum atomic E-state index is -0.0631. The van der Waals surface area contributed by atoms with Crippen molar-refractivity contribution in [2.75, 3.05) is 12.4 Å². The number of amides is 1. The highest BCUT2D eigenvalue weighted by molar-refractivity contribution is 7.16. The molecule has 1 aromatic carbocycles. The maximum absolute atomic E-state index is 11.2. The predicted molar refractivity (Wildman–Crippen MR) is 80.8 cm³/mol. The van der Waals surface area contributed by atoms with Crippen LogP contribution in [0.25, 0.3) is 12.2 Å². The molecule has 20 heavy (non-hydrogen) atoms. The molecule has 2 rings (SSSR count). The van der Waals surface area contributed by atoms with Crippen molar-refractivity contribution < 1.29 is 9.53 Å². The van der Waals surface area contributed by atoms with Gasteiger partial charge in [-0.2, -0.15) is 0 Å². The van der Waals surface area contributed by atoms with Gasteiger partial charge in [0.1, 0.15) is 10.8 Å². The molecule has 0 fully saturated rings. The number of hydrogen-bond acceptors (Lipinski definition) is 5. The molecule has 1 aromatic heterocycles. The Hall–Kier alpha value is -2.21. The number of benzene rings is 1. The lowest BCUT2D eigenvalue weighted by Gasteiger charge is -1.98. The van der Waals surface area contributed by atoms with Crippen molar-refractivity contribution >= 4 is 34.5 Å². The van der Waals surface area contributed by atoms with Crippen LogP contribution in [0.2, 0.25) is 0 Å². The fourth-order valence-electron chi connectivity index (χ4n) is 1.44. The number of hydrogen-bond donors (Lipinski definition) is 1. The second-order valence-electron chi connectivity index (χ2n) is 3.95. The summed E-state index contributed by atoms with van der Waals surface area (Å²) < 4.78 is 5.10. The molecule has 0 radical (unpaired) electrons. The Bertz CT molecular complexity index is 605. The molecular formula is C14H15N3O2S. The van der Waals surface area contributed by atoms with E-state index < -0.39 is 0 Å². The minimum absolute atomic E-state index is 0.0631. The van der Waals surface area contributed by atoms with Crippen LogP contribution in [-0.4, -0.2) is 23.2 Å². The highest BCUT2D eigenvalue weighted by Crippen LogP contribution is 2.18. The Morgan fingerprint density at radius 3 is 2.70 bits per heavy atom. The minimum Gasteiger partial charge on any atom is -0.497 e. The molecule has 1 N–H and O–H groups in total. The maximum atomic E-state index is 11.2. The number of anilines is 1. The summed E-state index contributed by atoms with van der Waals surface area (Å²) in [7, 11) is 1.64. The fourth-order valence-corrected chi connectivity index (χ4v) is 2.10. The van der Waals surface area contributed by atoms with Gasteiger partial charge in [0.05, 0.1) is 7.11 Å². The molecule has 0 unspecified atom stereocenters. The number of carbonyl (C=O) groups excluding carboxylic acids is 1. The topological polar surface area (TPSA) is 64.1 Å². The molecular weight excluding hydrogens is 274 g/mol. The van der Waals surface area contributed by atoms with Gasteiger partial charge in [-0.1, -0.05) is 36.5 Å². The normalized spacial score (nSPS) is 10.7. The summed E-state index contributed by atoms with van der Waals surface area (Å²) in [6.07, 6.45) is 4.23. The summed E-state index contributed by atoms with van der Waals surface area (Å²) in [5, 5.41) is 11.8.